The molecule has 1 fully saturated rings. The number of allylic oxidation sites excluding steroid dienone is 2. The van der Waals surface area contributed by atoms with Gasteiger partial charge in [-0.05, 0) is 48.8 Å². The molecule has 28 heavy (non-hydrogen) atoms. The van der Waals surface area contributed by atoms with Crippen LogP contribution in [0, 0.1) is 5.92 Å². The zero-order valence-electron chi connectivity index (χ0n) is 18.3. The maximum absolute atomic E-state index is 5.31. The number of hydrogen-bond donors (Lipinski definition) is 1. The highest BCUT2D eigenvalue weighted by Gasteiger charge is 2.29. The van der Waals surface area contributed by atoms with Crippen LogP contribution in [0.4, 0.5) is 0 Å². The third-order valence-corrected chi connectivity index (χ3v) is 5.79. The lowest BCUT2D eigenvalue weighted by molar-refractivity contribution is 0.115. The third kappa shape index (κ3) is 9.23. The average molecular weight is 387 g/mol. The number of hydrogen-bond acceptors (Lipinski definition) is 3. The summed E-state index contributed by atoms with van der Waals surface area (Å²) in [6.45, 7) is 2.29. The average Bonchev–Trinajstić information content (AvgIpc) is 3.55. The summed E-state index contributed by atoms with van der Waals surface area (Å²) in [4.78, 5) is 9.64. The maximum Gasteiger partial charge on any atom is 0.0636 e. The smallest absolute Gasteiger partial charge is 0.0636 e. The Labute approximate surface area is 173 Å². The fraction of sp³-hybridized carbons (Fsp3) is 0.720. The molecule has 1 aliphatic carbocycles. The number of pyridine rings is 1. The predicted octanol–water partition coefficient (Wildman–Crippen LogP) is 7.44. The summed E-state index contributed by atoms with van der Waals surface area (Å²) in [7, 11) is 1.72. The van der Waals surface area contributed by atoms with Gasteiger partial charge in [0.15, 0.2) is 0 Å². The van der Waals surface area contributed by atoms with Gasteiger partial charge < -0.3 is 0 Å². The minimum atomic E-state index is 0.680. The van der Waals surface area contributed by atoms with E-state index in [2.05, 4.69) is 23.5 Å². The van der Waals surface area contributed by atoms with E-state index in [4.69, 9.17) is 4.84 Å². The van der Waals surface area contributed by atoms with Gasteiger partial charge in [0.25, 0.3) is 0 Å². The second-order valence-electron chi connectivity index (χ2n) is 8.35. The number of aromatic nitrogens is 1. The summed E-state index contributed by atoms with van der Waals surface area (Å²) in [5.74, 6) is 0.680. The Morgan fingerprint density at radius 1 is 0.964 bits per heavy atom. The molecular formula is C25H42N2O. The highest BCUT2D eigenvalue weighted by atomic mass is 16.6. The summed E-state index contributed by atoms with van der Waals surface area (Å²) < 4.78 is 0. The zero-order valence-corrected chi connectivity index (χ0v) is 18.3. The summed E-state index contributed by atoms with van der Waals surface area (Å²) in [5, 5.41) is 0. The highest BCUT2D eigenvalue weighted by Crippen LogP contribution is 2.43. The molecule has 0 atom stereocenters. The molecule has 1 heterocycles. The van der Waals surface area contributed by atoms with Crippen LogP contribution in [0.5, 0.6) is 0 Å². The molecule has 0 spiro atoms. The molecule has 0 bridgehead atoms. The Hall–Kier alpha value is -1.35. The van der Waals surface area contributed by atoms with Crippen molar-refractivity contribution in [2.45, 2.75) is 103 Å². The van der Waals surface area contributed by atoms with Crippen LogP contribution in [0.1, 0.15) is 109 Å². The van der Waals surface area contributed by atoms with Crippen LogP contribution in [0.2, 0.25) is 0 Å². The molecule has 1 aromatic rings. The van der Waals surface area contributed by atoms with Crippen molar-refractivity contribution in [1.29, 1.82) is 0 Å². The number of nitrogens with one attached hydrogen (secondary N) is 1. The largest absolute Gasteiger partial charge is 0.280 e. The molecule has 3 nitrogen and oxygen atoms in total. The second-order valence-corrected chi connectivity index (χ2v) is 8.35. The van der Waals surface area contributed by atoms with Crippen LogP contribution >= 0.6 is 0 Å². The van der Waals surface area contributed by atoms with Crippen molar-refractivity contribution in [3.8, 4) is 0 Å². The van der Waals surface area contributed by atoms with Gasteiger partial charge in [-0.1, -0.05) is 83.6 Å². The fourth-order valence-electron chi connectivity index (χ4n) is 4.06. The van der Waals surface area contributed by atoms with Crippen LogP contribution in [-0.4, -0.2) is 12.1 Å². The van der Waals surface area contributed by atoms with E-state index in [1.807, 2.05) is 18.5 Å². The molecule has 0 amide bonds. The molecule has 3 heteroatoms. The molecule has 0 unspecified atom stereocenters. The van der Waals surface area contributed by atoms with Crippen LogP contribution in [0.15, 0.2) is 30.2 Å². The quantitative estimate of drug-likeness (QED) is 0.223. The van der Waals surface area contributed by atoms with Crippen LogP contribution in [0.25, 0.3) is 5.57 Å². The van der Waals surface area contributed by atoms with Gasteiger partial charge in [-0.25, -0.2) is 0 Å². The van der Waals surface area contributed by atoms with Crippen LogP contribution in [-0.2, 0) is 4.84 Å². The molecule has 1 aromatic heterocycles. The molecular weight excluding hydrogens is 344 g/mol. The SMILES string of the molecule is CCCCCCCCCCCCCCC(NOC)=C(c1cccnc1)C1CC1. The van der Waals surface area contributed by atoms with E-state index in [9.17, 15) is 0 Å². The first kappa shape index (κ1) is 22.9. The van der Waals surface area contributed by atoms with Gasteiger partial charge >= 0.3 is 0 Å². The van der Waals surface area contributed by atoms with Crippen molar-refractivity contribution in [2.75, 3.05) is 7.11 Å². The molecule has 0 saturated heterocycles. The highest BCUT2D eigenvalue weighted by molar-refractivity contribution is 5.71. The summed E-state index contributed by atoms with van der Waals surface area (Å²) in [5.41, 5.74) is 7.14. The Bertz CT molecular complexity index is 537. The second kappa shape index (κ2) is 14.6. The van der Waals surface area contributed by atoms with Gasteiger partial charge in [0, 0.05) is 18.1 Å². The fourth-order valence-corrected chi connectivity index (χ4v) is 4.06. The Balaban J connectivity index is 1.64. The third-order valence-electron chi connectivity index (χ3n) is 5.79. The van der Waals surface area contributed by atoms with Gasteiger partial charge in [-0.15, -0.1) is 0 Å². The Kier molecular flexibility index (Phi) is 12.0. The molecule has 0 radical (unpaired) electrons. The van der Waals surface area contributed by atoms with Gasteiger partial charge in [-0.2, -0.15) is 0 Å². The normalized spacial score (nSPS) is 14.8. The van der Waals surface area contributed by atoms with Crippen LogP contribution in [0.3, 0.4) is 0 Å². The number of rotatable bonds is 17. The van der Waals surface area contributed by atoms with E-state index in [-0.39, 0.29) is 0 Å². The van der Waals surface area contributed by atoms with E-state index in [0.29, 0.717) is 5.92 Å². The topological polar surface area (TPSA) is 34.1 Å². The molecule has 1 N–H and O–H groups in total. The first-order valence-corrected chi connectivity index (χ1v) is 11.8. The van der Waals surface area contributed by atoms with E-state index < -0.39 is 0 Å². The van der Waals surface area contributed by atoms with E-state index in [0.717, 1.165) is 6.42 Å². The molecule has 0 aliphatic heterocycles. The van der Waals surface area contributed by atoms with E-state index >= 15 is 0 Å². The number of unbranched alkanes of at least 4 members (excludes halogenated alkanes) is 11. The van der Waals surface area contributed by atoms with Crippen LogP contribution < -0.4 is 5.48 Å². The summed E-state index contributed by atoms with van der Waals surface area (Å²) in [6, 6.07) is 4.21. The lowest BCUT2D eigenvalue weighted by Crippen LogP contribution is -2.14. The molecule has 2 rings (SSSR count). The predicted molar refractivity (Wildman–Crippen MR) is 120 cm³/mol. The lowest BCUT2D eigenvalue weighted by atomic mass is 9.97. The lowest BCUT2D eigenvalue weighted by Gasteiger charge is -2.16. The van der Waals surface area contributed by atoms with Crippen molar-refractivity contribution in [3.63, 3.8) is 0 Å². The van der Waals surface area contributed by atoms with Crippen molar-refractivity contribution >= 4 is 5.57 Å². The molecule has 158 valence electrons. The summed E-state index contributed by atoms with van der Waals surface area (Å²) >= 11 is 0. The number of nitrogens with zero attached hydrogens (tertiary/aromatic N) is 1. The van der Waals surface area contributed by atoms with Gasteiger partial charge in [-0.3, -0.25) is 15.3 Å². The Morgan fingerprint density at radius 2 is 1.57 bits per heavy atom. The Morgan fingerprint density at radius 3 is 2.07 bits per heavy atom. The maximum atomic E-state index is 5.31. The minimum Gasteiger partial charge on any atom is -0.280 e. The molecule has 1 aliphatic rings. The monoisotopic (exact) mass is 386 g/mol. The molecule has 0 aromatic carbocycles. The first-order chi connectivity index (χ1) is 13.9. The van der Waals surface area contributed by atoms with Gasteiger partial charge in [0.05, 0.1) is 7.11 Å². The van der Waals surface area contributed by atoms with Gasteiger partial charge in [0.1, 0.15) is 0 Å². The van der Waals surface area contributed by atoms with Gasteiger partial charge in [0.2, 0.25) is 0 Å². The molecule has 1 saturated carbocycles. The minimum absolute atomic E-state index is 0.680. The summed E-state index contributed by atoms with van der Waals surface area (Å²) in [6.07, 6.45) is 24.2. The van der Waals surface area contributed by atoms with Crippen molar-refractivity contribution in [2.24, 2.45) is 5.92 Å². The van der Waals surface area contributed by atoms with Crippen molar-refractivity contribution < 1.29 is 4.84 Å². The first-order valence-electron chi connectivity index (χ1n) is 11.8. The zero-order chi connectivity index (χ0) is 19.9. The van der Waals surface area contributed by atoms with Crippen molar-refractivity contribution in [3.05, 3.63) is 35.8 Å². The van der Waals surface area contributed by atoms with Crippen molar-refractivity contribution in [1.82, 2.24) is 10.5 Å². The standard InChI is InChI=1S/C25H42N2O/c1-3-4-5-6-7-8-9-10-11-12-13-14-17-24(27-28-2)25(22-18-19-22)23-16-15-20-26-21-23/h15-16,20-22,27H,3-14,17-19H2,1-2H3. The number of hydroxylamine groups is 1. The van der Waals surface area contributed by atoms with E-state index in [1.165, 1.54) is 107 Å². The van der Waals surface area contributed by atoms with E-state index in [1.54, 1.807) is 7.11 Å².